The Balaban J connectivity index is 1.96. The molecule has 3 rings (SSSR count). The van der Waals surface area contributed by atoms with Gasteiger partial charge in [-0.1, -0.05) is 36.3 Å². The first-order valence-electron chi connectivity index (χ1n) is 6.92. The summed E-state index contributed by atoms with van der Waals surface area (Å²) < 4.78 is 1.87. The third-order valence-corrected chi connectivity index (χ3v) is 3.27. The Bertz CT molecular complexity index is 861. The van der Waals surface area contributed by atoms with Crippen LogP contribution in [0.5, 0.6) is 0 Å². The first-order valence-corrected chi connectivity index (χ1v) is 6.92. The molecule has 110 valence electrons. The fourth-order valence-corrected chi connectivity index (χ4v) is 2.10. The fraction of sp³-hybridized carbons (Fsp3) is 0.188. The zero-order valence-electron chi connectivity index (χ0n) is 12.1. The number of hydrogen-bond acceptors (Lipinski definition) is 5. The van der Waals surface area contributed by atoms with Gasteiger partial charge in [-0.3, -0.25) is 0 Å². The molecule has 22 heavy (non-hydrogen) atoms. The highest BCUT2D eigenvalue weighted by molar-refractivity contribution is 5.81. The lowest BCUT2D eigenvalue weighted by Gasteiger charge is -2.02. The molecule has 1 atom stereocenters. The number of fused-ring (bicyclic) bond motifs is 1. The van der Waals surface area contributed by atoms with Crippen molar-refractivity contribution in [1.29, 1.82) is 0 Å². The molecule has 2 heterocycles. The Kier molecular flexibility index (Phi) is 3.73. The minimum atomic E-state index is -0.891. The van der Waals surface area contributed by atoms with Crippen molar-refractivity contribution in [2.45, 2.75) is 19.6 Å². The predicted octanol–water partition coefficient (Wildman–Crippen LogP) is 1.51. The van der Waals surface area contributed by atoms with E-state index in [4.69, 9.17) is 5.73 Å². The molecule has 6 heteroatoms. The van der Waals surface area contributed by atoms with Gasteiger partial charge in [0.05, 0.1) is 6.33 Å². The van der Waals surface area contributed by atoms with Gasteiger partial charge in [-0.2, -0.15) is 0 Å². The molecule has 6 nitrogen and oxygen atoms in total. The molecule has 0 saturated carbocycles. The summed E-state index contributed by atoms with van der Waals surface area (Å²) in [6.45, 7) is 2.72. The van der Waals surface area contributed by atoms with Crippen LogP contribution < -0.4 is 5.73 Å². The zero-order valence-corrected chi connectivity index (χ0v) is 12.1. The van der Waals surface area contributed by atoms with Crippen molar-refractivity contribution in [1.82, 2.24) is 19.5 Å². The lowest BCUT2D eigenvalue weighted by molar-refractivity contribution is 0.238. The van der Waals surface area contributed by atoms with Gasteiger partial charge in [-0.05, 0) is 18.4 Å². The molecule has 0 aliphatic carbocycles. The molecule has 2 aromatic heterocycles. The minimum Gasteiger partial charge on any atom is -0.382 e. The Morgan fingerprint density at radius 1 is 1.27 bits per heavy atom. The summed E-state index contributed by atoms with van der Waals surface area (Å²) in [7, 11) is 0. The maximum Gasteiger partial charge on any atom is 0.209 e. The van der Waals surface area contributed by atoms with Crippen LogP contribution in [-0.2, 0) is 6.54 Å². The lowest BCUT2D eigenvalue weighted by atomic mass is 10.1. The van der Waals surface area contributed by atoms with Crippen LogP contribution in [0.15, 0.2) is 36.7 Å². The highest BCUT2D eigenvalue weighted by Crippen LogP contribution is 2.16. The Labute approximate surface area is 127 Å². The molecule has 1 unspecified atom stereocenters. The molecular formula is C16H15N5O. The van der Waals surface area contributed by atoms with E-state index in [9.17, 15) is 5.11 Å². The van der Waals surface area contributed by atoms with Crippen LogP contribution in [0.1, 0.15) is 24.4 Å². The standard InChI is InChI=1S/C16H15N5O/c1-2-21-10-18-14-15(17)19-13(20-16(14)21)9-8-12(22)11-6-4-3-5-7-11/h3-7,10,12,22H,2H2,1H3,(H2,17,19,20). The van der Waals surface area contributed by atoms with Crippen LogP contribution in [0.2, 0.25) is 0 Å². The first kappa shape index (κ1) is 14.0. The summed E-state index contributed by atoms with van der Waals surface area (Å²) in [4.78, 5) is 12.7. The summed E-state index contributed by atoms with van der Waals surface area (Å²) in [5.41, 5.74) is 7.82. The highest BCUT2D eigenvalue weighted by Gasteiger charge is 2.09. The van der Waals surface area contributed by atoms with Crippen LogP contribution in [0.25, 0.3) is 11.2 Å². The number of aliphatic hydroxyl groups excluding tert-OH is 1. The van der Waals surface area contributed by atoms with Crippen molar-refractivity contribution in [2.24, 2.45) is 0 Å². The Hall–Kier alpha value is -2.91. The van der Waals surface area contributed by atoms with Crippen molar-refractivity contribution in [2.75, 3.05) is 5.73 Å². The number of aliphatic hydroxyl groups is 1. The second-order valence-corrected chi connectivity index (χ2v) is 4.72. The van der Waals surface area contributed by atoms with E-state index >= 15 is 0 Å². The molecule has 3 aromatic rings. The second-order valence-electron chi connectivity index (χ2n) is 4.72. The number of hydrogen-bond donors (Lipinski definition) is 2. The van der Waals surface area contributed by atoms with Gasteiger partial charge in [0.1, 0.15) is 11.6 Å². The molecule has 3 N–H and O–H groups in total. The van der Waals surface area contributed by atoms with E-state index in [0.29, 0.717) is 11.2 Å². The van der Waals surface area contributed by atoms with Crippen LogP contribution in [0.4, 0.5) is 5.82 Å². The van der Waals surface area contributed by atoms with Gasteiger partial charge in [0.15, 0.2) is 11.5 Å². The van der Waals surface area contributed by atoms with Crippen molar-refractivity contribution >= 4 is 17.0 Å². The van der Waals surface area contributed by atoms with Gasteiger partial charge in [-0.15, -0.1) is 0 Å². The molecule has 0 saturated heterocycles. The van der Waals surface area contributed by atoms with Gasteiger partial charge >= 0.3 is 0 Å². The predicted molar refractivity (Wildman–Crippen MR) is 83.7 cm³/mol. The average Bonchev–Trinajstić information content (AvgIpc) is 2.97. The smallest absolute Gasteiger partial charge is 0.209 e. The summed E-state index contributed by atoms with van der Waals surface area (Å²) in [5, 5.41) is 10.0. The van der Waals surface area contributed by atoms with E-state index in [2.05, 4.69) is 26.8 Å². The first-order chi connectivity index (χ1) is 10.7. The number of aryl methyl sites for hydroxylation is 1. The molecular weight excluding hydrogens is 278 g/mol. The maximum atomic E-state index is 10.0. The minimum absolute atomic E-state index is 0.273. The van der Waals surface area contributed by atoms with Gasteiger partial charge in [-0.25, -0.2) is 15.0 Å². The van der Waals surface area contributed by atoms with Crippen molar-refractivity contribution in [3.63, 3.8) is 0 Å². The van der Waals surface area contributed by atoms with Gasteiger partial charge < -0.3 is 15.4 Å². The van der Waals surface area contributed by atoms with Crippen LogP contribution in [-0.4, -0.2) is 24.6 Å². The molecule has 0 spiro atoms. The van der Waals surface area contributed by atoms with Gasteiger partial charge in [0.25, 0.3) is 0 Å². The SMILES string of the molecule is CCn1cnc2c(N)nc(C#CC(O)c3ccccc3)nc21. The van der Waals surface area contributed by atoms with E-state index in [1.165, 1.54) is 0 Å². The molecule has 0 aliphatic rings. The van der Waals surface area contributed by atoms with E-state index in [-0.39, 0.29) is 11.6 Å². The normalized spacial score (nSPS) is 11.9. The quantitative estimate of drug-likeness (QED) is 0.699. The number of nitrogen functional groups attached to an aromatic ring is 1. The van der Waals surface area contributed by atoms with Gasteiger partial charge in [0, 0.05) is 6.54 Å². The molecule has 0 radical (unpaired) electrons. The van der Waals surface area contributed by atoms with Crippen molar-refractivity contribution < 1.29 is 5.11 Å². The number of nitrogens with two attached hydrogens (primary N) is 1. The molecule has 1 aromatic carbocycles. The highest BCUT2D eigenvalue weighted by atomic mass is 16.3. The number of aromatic nitrogens is 4. The average molecular weight is 293 g/mol. The largest absolute Gasteiger partial charge is 0.382 e. The zero-order chi connectivity index (χ0) is 15.5. The monoisotopic (exact) mass is 293 g/mol. The van der Waals surface area contributed by atoms with E-state index in [1.54, 1.807) is 6.33 Å². The molecule has 0 amide bonds. The Morgan fingerprint density at radius 3 is 2.77 bits per heavy atom. The fourth-order valence-electron chi connectivity index (χ4n) is 2.10. The van der Waals surface area contributed by atoms with Crippen molar-refractivity contribution in [3.05, 3.63) is 48.0 Å². The molecule has 0 bridgehead atoms. The number of benzene rings is 1. The van der Waals surface area contributed by atoms with E-state index in [1.807, 2.05) is 41.8 Å². The number of anilines is 1. The van der Waals surface area contributed by atoms with Crippen LogP contribution in [0, 0.1) is 11.8 Å². The second kappa shape index (κ2) is 5.84. The molecule has 0 aliphatic heterocycles. The van der Waals surface area contributed by atoms with Crippen LogP contribution >= 0.6 is 0 Å². The number of rotatable bonds is 2. The number of nitrogens with zero attached hydrogens (tertiary/aromatic N) is 4. The third kappa shape index (κ3) is 2.62. The van der Waals surface area contributed by atoms with Crippen LogP contribution in [0.3, 0.4) is 0 Å². The van der Waals surface area contributed by atoms with Gasteiger partial charge in [0.2, 0.25) is 5.82 Å². The van der Waals surface area contributed by atoms with E-state index < -0.39 is 6.10 Å². The third-order valence-electron chi connectivity index (χ3n) is 3.27. The maximum absolute atomic E-state index is 10.0. The summed E-state index contributed by atoms with van der Waals surface area (Å²) >= 11 is 0. The molecule has 0 fully saturated rings. The van der Waals surface area contributed by atoms with E-state index in [0.717, 1.165) is 12.1 Å². The Morgan fingerprint density at radius 2 is 2.05 bits per heavy atom. The summed E-state index contributed by atoms with van der Waals surface area (Å²) in [5.74, 6) is 6.07. The number of imidazole rings is 1. The topological polar surface area (TPSA) is 89.9 Å². The lowest BCUT2D eigenvalue weighted by Crippen LogP contribution is -2.01. The van der Waals surface area contributed by atoms with Crippen molar-refractivity contribution in [3.8, 4) is 11.8 Å². The summed E-state index contributed by atoms with van der Waals surface area (Å²) in [6.07, 6.45) is 0.781. The summed E-state index contributed by atoms with van der Waals surface area (Å²) in [6, 6.07) is 9.20.